The van der Waals surface area contributed by atoms with Gasteiger partial charge in [0.25, 0.3) is 0 Å². The molecular weight excluding hydrogens is 306 g/mol. The molecule has 1 aromatic rings. The minimum absolute atomic E-state index is 0.150. The zero-order chi connectivity index (χ0) is 16.5. The first-order valence-corrected chi connectivity index (χ1v) is 7.44. The van der Waals surface area contributed by atoms with Crippen LogP contribution < -0.4 is 0 Å². The Bertz CT molecular complexity index is 538. The molecule has 1 amide bonds. The molecule has 0 saturated carbocycles. The summed E-state index contributed by atoms with van der Waals surface area (Å²) in [4.78, 5) is 24.4. The average molecular weight is 326 g/mol. The van der Waals surface area contributed by atoms with Gasteiger partial charge in [-0.05, 0) is 19.4 Å². The monoisotopic (exact) mass is 325 g/mol. The average Bonchev–Trinajstić information content (AvgIpc) is 2.50. The van der Waals surface area contributed by atoms with E-state index in [1.165, 1.54) is 4.90 Å². The number of nitrogens with zero attached hydrogens (tertiary/aromatic N) is 1. The van der Waals surface area contributed by atoms with Crippen molar-refractivity contribution in [2.24, 2.45) is 0 Å². The Balaban J connectivity index is 3.08. The van der Waals surface area contributed by atoms with Crippen molar-refractivity contribution in [2.75, 3.05) is 25.6 Å². The number of ether oxygens (including phenoxy) is 1. The lowest BCUT2D eigenvalue weighted by molar-refractivity contribution is -0.154. The lowest BCUT2D eigenvalue weighted by Crippen LogP contribution is -2.38. The summed E-state index contributed by atoms with van der Waals surface area (Å²) in [6.07, 6.45) is 0. The van der Waals surface area contributed by atoms with Crippen LogP contribution in [0.3, 0.4) is 0 Å². The van der Waals surface area contributed by atoms with Gasteiger partial charge in [-0.3, -0.25) is 9.69 Å². The highest BCUT2D eigenvalue weighted by Crippen LogP contribution is 2.23. The molecule has 6 heteroatoms. The smallest absolute Gasteiger partial charge is 0.394 e. The molecule has 0 unspecified atom stereocenters. The first kappa shape index (κ1) is 18.2. The Kier molecular flexibility index (Phi) is 7.63. The molecule has 120 valence electrons. The van der Waals surface area contributed by atoms with Crippen LogP contribution in [-0.2, 0) is 14.3 Å². The van der Waals surface area contributed by atoms with E-state index in [4.69, 9.17) is 21.4 Å². The molecule has 5 nitrogen and oxygen atoms in total. The predicted octanol–water partition coefficient (Wildman–Crippen LogP) is 2.61. The number of carboxylic acid groups (broad SMARTS) is 1. The van der Waals surface area contributed by atoms with E-state index in [1.807, 2.05) is 44.2 Å². The molecule has 0 bridgehead atoms. The van der Waals surface area contributed by atoms with Crippen LogP contribution in [0.2, 0.25) is 0 Å². The fraction of sp³-hybridized carbons (Fsp3) is 0.375. The molecule has 0 heterocycles. The lowest BCUT2D eigenvalue weighted by atomic mass is 10.1. The molecule has 0 aliphatic heterocycles. The van der Waals surface area contributed by atoms with Crippen molar-refractivity contribution < 1.29 is 19.4 Å². The van der Waals surface area contributed by atoms with Gasteiger partial charge in [0.1, 0.15) is 0 Å². The molecule has 0 atom stereocenters. The van der Waals surface area contributed by atoms with Crippen LogP contribution in [0.4, 0.5) is 0 Å². The summed E-state index contributed by atoms with van der Waals surface area (Å²) in [5.41, 5.74) is 2.22. The van der Waals surface area contributed by atoms with Gasteiger partial charge >= 0.3 is 11.9 Å². The summed E-state index contributed by atoms with van der Waals surface area (Å²) in [6.45, 7) is 4.40. The number of benzene rings is 1. The van der Waals surface area contributed by atoms with Gasteiger partial charge in [-0.2, -0.15) is 0 Å². The number of amides is 1. The van der Waals surface area contributed by atoms with Crippen molar-refractivity contribution in [3.8, 4) is 0 Å². The van der Waals surface area contributed by atoms with E-state index in [-0.39, 0.29) is 13.2 Å². The highest BCUT2D eigenvalue weighted by Gasteiger charge is 2.25. The SMILES string of the molecule is CC(C)=C(c1ccccc1)N(CCOCCCl)C(=O)C(=O)O. The Morgan fingerprint density at radius 2 is 1.82 bits per heavy atom. The fourth-order valence-corrected chi connectivity index (χ4v) is 2.16. The van der Waals surface area contributed by atoms with Crippen LogP contribution in [0.5, 0.6) is 0 Å². The Hall–Kier alpha value is -1.85. The number of hydrogen-bond acceptors (Lipinski definition) is 3. The van der Waals surface area contributed by atoms with E-state index in [9.17, 15) is 9.59 Å². The van der Waals surface area contributed by atoms with Crippen molar-refractivity contribution in [1.82, 2.24) is 4.90 Å². The van der Waals surface area contributed by atoms with Gasteiger partial charge in [0, 0.05) is 12.4 Å². The number of allylic oxidation sites excluding steroid dienone is 1. The number of hydrogen-bond donors (Lipinski definition) is 1. The summed E-state index contributed by atoms with van der Waals surface area (Å²) in [6, 6.07) is 9.21. The number of carbonyl (C=O) groups excluding carboxylic acids is 1. The molecule has 1 rings (SSSR count). The summed E-state index contributed by atoms with van der Waals surface area (Å²) in [7, 11) is 0. The van der Waals surface area contributed by atoms with Crippen LogP contribution >= 0.6 is 11.6 Å². The van der Waals surface area contributed by atoms with E-state index in [2.05, 4.69) is 0 Å². The molecule has 0 aromatic heterocycles. The minimum atomic E-state index is -1.49. The second-order valence-electron chi connectivity index (χ2n) is 4.78. The van der Waals surface area contributed by atoms with Crippen LogP contribution in [-0.4, -0.2) is 47.5 Å². The van der Waals surface area contributed by atoms with E-state index in [1.54, 1.807) is 0 Å². The maximum absolute atomic E-state index is 12.0. The van der Waals surface area contributed by atoms with E-state index < -0.39 is 11.9 Å². The van der Waals surface area contributed by atoms with Crippen LogP contribution in [0, 0.1) is 0 Å². The maximum Gasteiger partial charge on any atom is 0.394 e. The molecule has 0 saturated heterocycles. The third kappa shape index (κ3) is 5.16. The third-order valence-electron chi connectivity index (χ3n) is 2.90. The summed E-state index contributed by atoms with van der Waals surface area (Å²) < 4.78 is 5.27. The molecule has 0 aliphatic rings. The van der Waals surface area contributed by atoms with Crippen molar-refractivity contribution in [1.29, 1.82) is 0 Å². The van der Waals surface area contributed by atoms with E-state index in [0.29, 0.717) is 18.2 Å². The first-order valence-electron chi connectivity index (χ1n) is 6.90. The van der Waals surface area contributed by atoms with Crippen molar-refractivity contribution in [3.63, 3.8) is 0 Å². The molecule has 1 aromatic carbocycles. The van der Waals surface area contributed by atoms with Crippen molar-refractivity contribution >= 4 is 29.2 Å². The molecule has 0 radical (unpaired) electrons. The van der Waals surface area contributed by atoms with Gasteiger partial charge in [0.05, 0.1) is 18.9 Å². The van der Waals surface area contributed by atoms with Crippen LogP contribution in [0.25, 0.3) is 5.70 Å². The Morgan fingerprint density at radius 1 is 1.18 bits per heavy atom. The van der Waals surface area contributed by atoms with Gasteiger partial charge in [-0.1, -0.05) is 35.9 Å². The van der Waals surface area contributed by atoms with Gasteiger partial charge in [0.15, 0.2) is 0 Å². The normalized spacial score (nSPS) is 10.1. The van der Waals surface area contributed by atoms with Gasteiger partial charge in [-0.15, -0.1) is 11.6 Å². The van der Waals surface area contributed by atoms with Gasteiger partial charge < -0.3 is 9.84 Å². The number of halogens is 1. The zero-order valence-corrected chi connectivity index (χ0v) is 13.5. The highest BCUT2D eigenvalue weighted by atomic mass is 35.5. The first-order chi connectivity index (χ1) is 10.5. The van der Waals surface area contributed by atoms with Crippen LogP contribution in [0.15, 0.2) is 35.9 Å². The molecule has 22 heavy (non-hydrogen) atoms. The third-order valence-corrected chi connectivity index (χ3v) is 3.05. The van der Waals surface area contributed by atoms with Crippen molar-refractivity contribution in [3.05, 3.63) is 41.5 Å². The highest BCUT2D eigenvalue weighted by molar-refractivity contribution is 6.33. The maximum atomic E-state index is 12.0. The quantitative estimate of drug-likeness (QED) is 0.475. The lowest BCUT2D eigenvalue weighted by Gasteiger charge is -2.25. The number of aliphatic carboxylic acids is 1. The van der Waals surface area contributed by atoms with Gasteiger partial charge in [0.2, 0.25) is 0 Å². The Morgan fingerprint density at radius 3 is 2.32 bits per heavy atom. The number of carbonyl (C=O) groups is 2. The molecule has 0 aliphatic carbocycles. The second-order valence-corrected chi connectivity index (χ2v) is 5.16. The minimum Gasteiger partial charge on any atom is -0.474 e. The second kappa shape index (κ2) is 9.23. The summed E-state index contributed by atoms with van der Waals surface area (Å²) in [5, 5.41) is 9.06. The topological polar surface area (TPSA) is 66.8 Å². The number of carboxylic acids is 1. The molecule has 1 N–H and O–H groups in total. The predicted molar refractivity (Wildman–Crippen MR) is 85.6 cm³/mol. The standard InChI is InChI=1S/C16H20ClNO4/c1-12(2)14(13-6-4-3-5-7-13)18(15(19)16(20)21)9-11-22-10-8-17/h3-7H,8-11H2,1-2H3,(H,20,21). The summed E-state index contributed by atoms with van der Waals surface area (Å²) in [5.74, 6) is -2.12. The largest absolute Gasteiger partial charge is 0.474 e. The molecular formula is C16H20ClNO4. The Labute approximate surface area is 135 Å². The van der Waals surface area contributed by atoms with E-state index in [0.717, 1.165) is 11.1 Å². The number of rotatable bonds is 7. The molecule has 0 spiro atoms. The fourth-order valence-electron chi connectivity index (χ4n) is 2.05. The summed E-state index contributed by atoms with van der Waals surface area (Å²) >= 11 is 5.53. The van der Waals surface area contributed by atoms with Gasteiger partial charge in [-0.25, -0.2) is 4.79 Å². The van der Waals surface area contributed by atoms with E-state index >= 15 is 0 Å². The molecule has 0 fully saturated rings. The van der Waals surface area contributed by atoms with Crippen molar-refractivity contribution in [2.45, 2.75) is 13.8 Å². The number of alkyl halides is 1. The zero-order valence-electron chi connectivity index (χ0n) is 12.7. The van der Waals surface area contributed by atoms with Crippen LogP contribution in [0.1, 0.15) is 19.4 Å².